The smallest absolute Gasteiger partial charge is 0.226 e. The lowest BCUT2D eigenvalue weighted by atomic mass is 9.49. The molecule has 1 aromatic carbocycles. The Morgan fingerprint density at radius 1 is 1.09 bits per heavy atom. The monoisotopic (exact) mass is 312 g/mol. The molecule has 0 heterocycles. The maximum Gasteiger partial charge on any atom is 0.226 e. The third-order valence-corrected chi connectivity index (χ3v) is 6.45. The predicted octanol–water partition coefficient (Wildman–Crippen LogP) is 3.46. The number of benzene rings is 1. The molecule has 124 valence electrons. The predicted molar refractivity (Wildman–Crippen MR) is 93.3 cm³/mol. The van der Waals surface area contributed by atoms with Gasteiger partial charge in [0.05, 0.1) is 0 Å². The lowest BCUT2D eigenvalue weighted by Crippen LogP contribution is -2.54. The van der Waals surface area contributed by atoms with Crippen molar-refractivity contribution in [3.05, 3.63) is 30.3 Å². The number of hydrogen-bond donors (Lipinski definition) is 1. The van der Waals surface area contributed by atoms with E-state index in [4.69, 9.17) is 0 Å². The van der Waals surface area contributed by atoms with E-state index in [2.05, 4.69) is 41.5 Å². The van der Waals surface area contributed by atoms with Crippen molar-refractivity contribution in [2.75, 3.05) is 25.0 Å². The standard InChI is InChI=1S/C20H28N2O/c1-22(18-5-3-2-4-6-18)8-7-21-19(23)20-12-15-9-16(13-20)11-17(10-15)14-20/h2-6,15-17H,7-14H2,1H3,(H,21,23). The van der Waals surface area contributed by atoms with Crippen LogP contribution in [0.2, 0.25) is 0 Å². The zero-order valence-corrected chi connectivity index (χ0v) is 14.1. The summed E-state index contributed by atoms with van der Waals surface area (Å²) in [6, 6.07) is 10.4. The molecule has 0 aromatic heterocycles. The van der Waals surface area contributed by atoms with Crippen LogP contribution in [0.4, 0.5) is 5.69 Å². The Bertz CT molecular complexity index is 533. The molecule has 1 N–H and O–H groups in total. The van der Waals surface area contributed by atoms with Crippen molar-refractivity contribution in [3.8, 4) is 0 Å². The number of nitrogens with one attached hydrogen (secondary N) is 1. The van der Waals surface area contributed by atoms with Crippen molar-refractivity contribution in [2.45, 2.75) is 38.5 Å². The molecule has 0 saturated heterocycles. The largest absolute Gasteiger partial charge is 0.373 e. The zero-order chi connectivity index (χ0) is 15.9. The Morgan fingerprint density at radius 2 is 1.65 bits per heavy atom. The van der Waals surface area contributed by atoms with E-state index >= 15 is 0 Å². The number of amides is 1. The summed E-state index contributed by atoms with van der Waals surface area (Å²) in [6.45, 7) is 1.61. The van der Waals surface area contributed by atoms with Crippen LogP contribution in [0.15, 0.2) is 30.3 Å². The van der Waals surface area contributed by atoms with Crippen LogP contribution in [0.25, 0.3) is 0 Å². The van der Waals surface area contributed by atoms with Gasteiger partial charge in [0.25, 0.3) is 0 Å². The van der Waals surface area contributed by atoms with Crippen LogP contribution < -0.4 is 10.2 Å². The number of nitrogens with zero attached hydrogens (tertiary/aromatic N) is 1. The van der Waals surface area contributed by atoms with Gasteiger partial charge >= 0.3 is 0 Å². The second kappa shape index (κ2) is 5.85. The maximum atomic E-state index is 12.9. The Kier molecular flexibility index (Phi) is 3.82. The first-order chi connectivity index (χ1) is 11.1. The summed E-state index contributed by atoms with van der Waals surface area (Å²) >= 11 is 0. The topological polar surface area (TPSA) is 32.3 Å². The highest BCUT2D eigenvalue weighted by molar-refractivity contribution is 5.83. The highest BCUT2D eigenvalue weighted by Gasteiger charge is 2.54. The van der Waals surface area contributed by atoms with Crippen LogP contribution in [-0.2, 0) is 4.79 Å². The Morgan fingerprint density at radius 3 is 2.22 bits per heavy atom. The first-order valence-corrected chi connectivity index (χ1v) is 9.19. The number of rotatable bonds is 5. The van der Waals surface area contributed by atoms with E-state index in [0.29, 0.717) is 5.91 Å². The van der Waals surface area contributed by atoms with Gasteiger partial charge in [0.15, 0.2) is 0 Å². The van der Waals surface area contributed by atoms with E-state index in [1.807, 2.05) is 6.07 Å². The minimum Gasteiger partial charge on any atom is -0.373 e. The number of para-hydroxylation sites is 1. The summed E-state index contributed by atoms with van der Waals surface area (Å²) < 4.78 is 0. The van der Waals surface area contributed by atoms with Gasteiger partial charge in [0.2, 0.25) is 5.91 Å². The molecule has 4 aliphatic carbocycles. The summed E-state index contributed by atoms with van der Waals surface area (Å²) in [4.78, 5) is 15.1. The van der Waals surface area contributed by atoms with Crippen LogP contribution in [0.5, 0.6) is 0 Å². The van der Waals surface area contributed by atoms with E-state index in [1.165, 1.54) is 24.9 Å². The van der Waals surface area contributed by atoms with Gasteiger partial charge in [-0.25, -0.2) is 0 Å². The number of hydrogen-bond acceptors (Lipinski definition) is 2. The number of carbonyl (C=O) groups is 1. The molecule has 1 amide bonds. The lowest BCUT2D eigenvalue weighted by molar-refractivity contribution is -0.146. The Labute approximate surface area is 139 Å². The molecule has 1 aromatic rings. The molecule has 5 rings (SSSR count). The summed E-state index contributed by atoms with van der Waals surface area (Å²) in [5.41, 5.74) is 1.19. The van der Waals surface area contributed by atoms with Gasteiger partial charge in [0.1, 0.15) is 0 Å². The van der Waals surface area contributed by atoms with Gasteiger partial charge in [-0.15, -0.1) is 0 Å². The van der Waals surface area contributed by atoms with Crippen LogP contribution in [-0.4, -0.2) is 26.0 Å². The molecule has 4 aliphatic rings. The van der Waals surface area contributed by atoms with Gasteiger partial charge in [-0.3, -0.25) is 4.79 Å². The van der Waals surface area contributed by atoms with Crippen LogP contribution >= 0.6 is 0 Å². The van der Waals surface area contributed by atoms with E-state index in [1.54, 1.807) is 0 Å². The molecule has 0 atom stereocenters. The SMILES string of the molecule is CN(CCNC(=O)C12CC3CC(CC(C3)C1)C2)c1ccccc1. The van der Waals surface area contributed by atoms with Crippen LogP contribution in [0.1, 0.15) is 38.5 Å². The fourth-order valence-corrected chi connectivity index (χ4v) is 5.72. The summed E-state index contributed by atoms with van der Waals surface area (Å²) in [6.07, 6.45) is 7.63. The fourth-order valence-electron chi connectivity index (χ4n) is 5.72. The van der Waals surface area contributed by atoms with E-state index in [9.17, 15) is 4.79 Å². The Hall–Kier alpha value is -1.51. The molecule has 3 nitrogen and oxygen atoms in total. The van der Waals surface area contributed by atoms with Crippen molar-refractivity contribution in [1.82, 2.24) is 5.32 Å². The first-order valence-electron chi connectivity index (χ1n) is 9.19. The number of carbonyl (C=O) groups excluding carboxylic acids is 1. The normalized spacial score (nSPS) is 34.4. The quantitative estimate of drug-likeness (QED) is 0.903. The van der Waals surface area contributed by atoms with Gasteiger partial charge in [-0.2, -0.15) is 0 Å². The second-order valence-electron chi connectivity index (χ2n) is 8.21. The number of anilines is 1. The van der Waals surface area contributed by atoms with Crippen LogP contribution in [0, 0.1) is 23.2 Å². The molecule has 0 radical (unpaired) electrons. The lowest BCUT2D eigenvalue weighted by Gasteiger charge is -2.55. The molecule has 0 unspecified atom stereocenters. The summed E-state index contributed by atoms with van der Waals surface area (Å²) in [5, 5.41) is 3.26. The van der Waals surface area contributed by atoms with Crippen molar-refractivity contribution in [3.63, 3.8) is 0 Å². The van der Waals surface area contributed by atoms with Crippen LogP contribution in [0.3, 0.4) is 0 Å². The highest BCUT2D eigenvalue weighted by atomic mass is 16.2. The average molecular weight is 312 g/mol. The highest BCUT2D eigenvalue weighted by Crippen LogP contribution is 2.60. The molecule has 3 heteroatoms. The molecule has 23 heavy (non-hydrogen) atoms. The minimum absolute atomic E-state index is 0.0138. The summed E-state index contributed by atoms with van der Waals surface area (Å²) in [5.74, 6) is 2.84. The molecule has 4 fully saturated rings. The minimum atomic E-state index is -0.0138. The fraction of sp³-hybridized carbons (Fsp3) is 0.650. The molecular weight excluding hydrogens is 284 g/mol. The van der Waals surface area contributed by atoms with Gasteiger partial charge in [-0.05, 0) is 68.4 Å². The molecule has 4 saturated carbocycles. The second-order valence-corrected chi connectivity index (χ2v) is 8.21. The molecule has 0 aliphatic heterocycles. The summed E-state index contributed by atoms with van der Waals surface area (Å²) in [7, 11) is 2.09. The molecule has 0 spiro atoms. The van der Waals surface area contributed by atoms with E-state index < -0.39 is 0 Å². The average Bonchev–Trinajstić information content (AvgIpc) is 2.54. The Balaban J connectivity index is 1.32. The molecular formula is C20H28N2O. The van der Waals surface area contributed by atoms with Crippen molar-refractivity contribution < 1.29 is 4.79 Å². The van der Waals surface area contributed by atoms with E-state index in [-0.39, 0.29) is 5.41 Å². The van der Waals surface area contributed by atoms with Gasteiger partial charge in [-0.1, -0.05) is 18.2 Å². The van der Waals surface area contributed by atoms with Crippen molar-refractivity contribution >= 4 is 11.6 Å². The zero-order valence-electron chi connectivity index (χ0n) is 14.1. The van der Waals surface area contributed by atoms with Gasteiger partial charge < -0.3 is 10.2 Å². The maximum absolute atomic E-state index is 12.9. The molecule has 4 bridgehead atoms. The van der Waals surface area contributed by atoms with E-state index in [0.717, 1.165) is 50.1 Å². The first kappa shape index (κ1) is 15.0. The van der Waals surface area contributed by atoms with Crippen molar-refractivity contribution in [2.24, 2.45) is 23.2 Å². The van der Waals surface area contributed by atoms with Crippen molar-refractivity contribution in [1.29, 1.82) is 0 Å². The third-order valence-electron chi connectivity index (χ3n) is 6.45. The van der Waals surface area contributed by atoms with Gasteiger partial charge in [0, 0.05) is 31.2 Å². The number of likely N-dealkylation sites (N-methyl/N-ethyl adjacent to an activating group) is 1. The third kappa shape index (κ3) is 2.86.